The average molecular weight is 395 g/mol. The van der Waals surface area contributed by atoms with Crippen LogP contribution in [0.4, 0.5) is 0 Å². The Hall–Kier alpha value is 0.130. The molecule has 1 aromatic heterocycles. The highest BCUT2D eigenvalue weighted by Crippen LogP contribution is 2.30. The van der Waals surface area contributed by atoms with E-state index < -0.39 is 0 Å². The van der Waals surface area contributed by atoms with Gasteiger partial charge in [-0.25, -0.2) is 0 Å². The summed E-state index contributed by atoms with van der Waals surface area (Å²) < 4.78 is 1.06. The number of likely N-dealkylation sites (tertiary alicyclic amines) is 1. The maximum Gasteiger partial charge on any atom is 0.263 e. The predicted molar refractivity (Wildman–Crippen MR) is 83.8 cm³/mol. The van der Waals surface area contributed by atoms with Crippen molar-refractivity contribution in [2.75, 3.05) is 13.1 Å². The number of aryl methyl sites for hydroxylation is 1. The lowest BCUT2D eigenvalue weighted by molar-refractivity contribution is 0.0696. The molecule has 2 rings (SSSR count). The van der Waals surface area contributed by atoms with Crippen molar-refractivity contribution in [2.24, 2.45) is 5.92 Å². The van der Waals surface area contributed by atoms with E-state index in [2.05, 4.69) is 38.8 Å². The Labute approximate surface area is 129 Å². The average Bonchev–Trinajstić information content (AvgIpc) is 2.69. The lowest BCUT2D eigenvalue weighted by Crippen LogP contribution is -2.39. The maximum absolute atomic E-state index is 12.3. The van der Waals surface area contributed by atoms with E-state index in [0.717, 1.165) is 40.2 Å². The third-order valence-corrected chi connectivity index (χ3v) is 6.42. The quantitative estimate of drug-likeness (QED) is 0.678. The van der Waals surface area contributed by atoms with Gasteiger partial charge in [-0.05, 0) is 53.2 Å². The Morgan fingerprint density at radius 3 is 2.56 bits per heavy atom. The van der Waals surface area contributed by atoms with Crippen LogP contribution in [0.1, 0.15) is 35.0 Å². The number of thiophene rings is 1. The summed E-state index contributed by atoms with van der Waals surface area (Å²) in [4.78, 5) is 15.7. The Bertz CT molecular complexity index is 417. The molecule has 18 heavy (non-hydrogen) atoms. The molecule has 0 saturated carbocycles. The molecular weight excluding hydrogens is 378 g/mol. The van der Waals surface area contributed by atoms with E-state index in [4.69, 9.17) is 0 Å². The van der Waals surface area contributed by atoms with E-state index in [-0.39, 0.29) is 5.91 Å². The van der Waals surface area contributed by atoms with Crippen LogP contribution in [-0.4, -0.2) is 28.7 Å². The lowest BCUT2D eigenvalue weighted by Gasteiger charge is -2.33. The van der Waals surface area contributed by atoms with Crippen molar-refractivity contribution in [1.29, 1.82) is 0 Å². The van der Waals surface area contributed by atoms with Crippen molar-refractivity contribution in [3.63, 3.8) is 0 Å². The summed E-state index contributed by atoms with van der Waals surface area (Å²) in [7, 11) is 0. The molecule has 0 spiro atoms. The minimum Gasteiger partial charge on any atom is -0.338 e. The summed E-state index contributed by atoms with van der Waals surface area (Å²) in [5, 5.41) is 0. The van der Waals surface area contributed by atoms with Crippen LogP contribution in [-0.2, 0) is 0 Å². The van der Waals surface area contributed by atoms with Crippen LogP contribution in [0.3, 0.4) is 0 Å². The summed E-state index contributed by atoms with van der Waals surface area (Å²) in [6.07, 6.45) is 2.20. The second-order valence-electron chi connectivity index (χ2n) is 4.87. The first-order valence-corrected chi connectivity index (χ1v) is 8.71. The molecule has 0 aromatic carbocycles. The number of hydrogen-bond donors (Lipinski definition) is 0. The second-order valence-corrected chi connectivity index (χ2v) is 8.69. The van der Waals surface area contributed by atoms with Gasteiger partial charge in [0.05, 0.1) is 8.66 Å². The van der Waals surface area contributed by atoms with Gasteiger partial charge in [-0.15, -0.1) is 11.3 Å². The Morgan fingerprint density at radius 1 is 1.50 bits per heavy atom. The molecule has 100 valence electrons. The van der Waals surface area contributed by atoms with Crippen molar-refractivity contribution in [3.8, 4) is 0 Å². The molecular formula is C13H17Br2NOS. The standard InChI is InChI=1S/C13H17Br2NOS/c1-8-7-11(18-12(8)15)13(17)16-5-3-10(4-6-16)9(2)14/h7,9-10H,3-6H2,1-2H3. The second kappa shape index (κ2) is 6.06. The van der Waals surface area contributed by atoms with E-state index >= 15 is 0 Å². The Balaban J connectivity index is 1.99. The zero-order valence-electron chi connectivity index (χ0n) is 10.6. The SMILES string of the molecule is Cc1cc(C(=O)N2CCC(C(C)Br)CC2)sc1Br. The molecule has 0 aliphatic carbocycles. The molecule has 1 aromatic rings. The molecule has 1 unspecified atom stereocenters. The van der Waals surface area contributed by atoms with Crippen LogP contribution < -0.4 is 0 Å². The number of rotatable bonds is 2. The van der Waals surface area contributed by atoms with Gasteiger partial charge in [-0.2, -0.15) is 0 Å². The maximum atomic E-state index is 12.3. The summed E-state index contributed by atoms with van der Waals surface area (Å²) in [5.74, 6) is 0.889. The molecule has 1 aliphatic rings. The van der Waals surface area contributed by atoms with Gasteiger partial charge < -0.3 is 4.90 Å². The fourth-order valence-electron chi connectivity index (χ4n) is 2.28. The van der Waals surface area contributed by atoms with Gasteiger partial charge in [0.15, 0.2) is 0 Å². The van der Waals surface area contributed by atoms with Gasteiger partial charge in [-0.1, -0.05) is 22.9 Å². The van der Waals surface area contributed by atoms with Crippen molar-refractivity contribution in [2.45, 2.75) is 31.5 Å². The van der Waals surface area contributed by atoms with E-state index in [9.17, 15) is 4.79 Å². The minimum absolute atomic E-state index is 0.189. The van der Waals surface area contributed by atoms with Crippen LogP contribution in [0.15, 0.2) is 9.85 Å². The molecule has 2 heterocycles. The number of halogens is 2. The van der Waals surface area contributed by atoms with E-state index in [0.29, 0.717) is 10.7 Å². The van der Waals surface area contributed by atoms with Crippen LogP contribution in [0.5, 0.6) is 0 Å². The van der Waals surface area contributed by atoms with Crippen molar-refractivity contribution in [3.05, 3.63) is 20.3 Å². The first-order chi connectivity index (χ1) is 8.49. The summed E-state index contributed by atoms with van der Waals surface area (Å²) in [6, 6.07) is 1.98. The number of carbonyl (C=O) groups excluding carboxylic acids is 1. The largest absolute Gasteiger partial charge is 0.338 e. The zero-order valence-corrected chi connectivity index (χ0v) is 14.6. The molecule has 2 nitrogen and oxygen atoms in total. The Morgan fingerprint density at radius 2 is 2.11 bits per heavy atom. The molecule has 0 radical (unpaired) electrons. The van der Waals surface area contributed by atoms with Gasteiger partial charge >= 0.3 is 0 Å². The predicted octanol–water partition coefficient (Wildman–Crippen LogP) is 4.45. The number of alkyl halides is 1. The number of piperidine rings is 1. The molecule has 1 amide bonds. The molecule has 1 fully saturated rings. The highest BCUT2D eigenvalue weighted by atomic mass is 79.9. The first-order valence-electron chi connectivity index (χ1n) is 6.18. The molecule has 0 N–H and O–H groups in total. The van der Waals surface area contributed by atoms with Crippen molar-refractivity contribution < 1.29 is 4.79 Å². The molecule has 1 atom stereocenters. The number of hydrogen-bond acceptors (Lipinski definition) is 2. The number of amides is 1. The molecule has 0 bridgehead atoms. The van der Waals surface area contributed by atoms with E-state index in [1.807, 2.05) is 17.9 Å². The summed E-state index contributed by atoms with van der Waals surface area (Å²) >= 11 is 8.66. The van der Waals surface area contributed by atoms with E-state index in [1.54, 1.807) is 0 Å². The van der Waals surface area contributed by atoms with Crippen molar-refractivity contribution in [1.82, 2.24) is 4.90 Å². The zero-order chi connectivity index (χ0) is 13.3. The third kappa shape index (κ3) is 3.17. The fourth-order valence-corrected chi connectivity index (χ4v) is 4.31. The Kier molecular flexibility index (Phi) is 4.89. The van der Waals surface area contributed by atoms with Crippen LogP contribution in [0.2, 0.25) is 0 Å². The van der Waals surface area contributed by atoms with Crippen LogP contribution in [0.25, 0.3) is 0 Å². The van der Waals surface area contributed by atoms with Crippen molar-refractivity contribution >= 4 is 49.1 Å². The molecule has 1 aliphatic heterocycles. The highest BCUT2D eigenvalue weighted by Gasteiger charge is 2.26. The van der Waals surface area contributed by atoms with Crippen LogP contribution in [0, 0.1) is 12.8 Å². The summed E-state index contributed by atoms with van der Waals surface area (Å²) in [5.41, 5.74) is 1.15. The fraction of sp³-hybridized carbons (Fsp3) is 0.615. The first kappa shape index (κ1) is 14.5. The normalized spacial score (nSPS) is 19.0. The molecule has 1 saturated heterocycles. The van der Waals surface area contributed by atoms with Gasteiger partial charge in [-0.3, -0.25) is 4.79 Å². The molecule has 5 heteroatoms. The topological polar surface area (TPSA) is 20.3 Å². The third-order valence-electron chi connectivity index (χ3n) is 3.54. The lowest BCUT2D eigenvalue weighted by atomic mass is 9.94. The minimum atomic E-state index is 0.189. The number of nitrogens with zero attached hydrogens (tertiary/aromatic N) is 1. The van der Waals surface area contributed by atoms with Gasteiger partial charge in [0.2, 0.25) is 0 Å². The summed E-state index contributed by atoms with van der Waals surface area (Å²) in [6.45, 7) is 5.99. The van der Waals surface area contributed by atoms with Gasteiger partial charge in [0.25, 0.3) is 5.91 Å². The van der Waals surface area contributed by atoms with Crippen LogP contribution >= 0.6 is 43.2 Å². The van der Waals surface area contributed by atoms with Gasteiger partial charge in [0, 0.05) is 17.9 Å². The van der Waals surface area contributed by atoms with E-state index in [1.165, 1.54) is 11.3 Å². The number of carbonyl (C=O) groups is 1. The highest BCUT2D eigenvalue weighted by molar-refractivity contribution is 9.11. The monoisotopic (exact) mass is 393 g/mol. The van der Waals surface area contributed by atoms with Gasteiger partial charge in [0.1, 0.15) is 0 Å². The smallest absolute Gasteiger partial charge is 0.263 e.